The SMILES string of the molecule is O=S(=O)(N[C@@H]1C[C@@H](/C=C\CCCBr)N(S(=O)(=O)c2ccc(Cl)cc2)C1)c1ccc(Cl)cc1. The van der Waals surface area contributed by atoms with Gasteiger partial charge in [0.1, 0.15) is 0 Å². The summed E-state index contributed by atoms with van der Waals surface area (Å²) >= 11 is 15.1. The molecule has 1 saturated heterocycles. The summed E-state index contributed by atoms with van der Waals surface area (Å²) in [7, 11) is -7.67. The van der Waals surface area contributed by atoms with Crippen LogP contribution in [0, 0.1) is 0 Å². The number of sulfonamides is 2. The summed E-state index contributed by atoms with van der Waals surface area (Å²) in [5, 5.41) is 1.71. The maximum Gasteiger partial charge on any atom is 0.243 e. The maximum atomic E-state index is 13.3. The first-order chi connectivity index (χ1) is 15.1. The number of unbranched alkanes of at least 4 members (excludes halogenated alkanes) is 1. The van der Waals surface area contributed by atoms with E-state index < -0.39 is 32.1 Å². The quantitative estimate of drug-likeness (QED) is 0.261. The number of halogens is 3. The van der Waals surface area contributed by atoms with Crippen LogP contribution in [0.15, 0.2) is 70.5 Å². The highest BCUT2D eigenvalue weighted by molar-refractivity contribution is 9.09. The third-order valence-electron chi connectivity index (χ3n) is 5.02. The molecule has 3 rings (SSSR count). The molecule has 2 atom stereocenters. The van der Waals surface area contributed by atoms with Crippen molar-refractivity contribution in [2.24, 2.45) is 0 Å². The molecule has 0 spiro atoms. The van der Waals surface area contributed by atoms with E-state index in [9.17, 15) is 16.8 Å². The fraction of sp³-hybridized carbons (Fsp3) is 0.333. The van der Waals surface area contributed by atoms with Crippen LogP contribution in [0.4, 0.5) is 0 Å². The van der Waals surface area contributed by atoms with Crippen LogP contribution in [-0.4, -0.2) is 45.1 Å². The molecule has 6 nitrogen and oxygen atoms in total. The zero-order valence-electron chi connectivity index (χ0n) is 17.0. The van der Waals surface area contributed by atoms with E-state index in [2.05, 4.69) is 20.7 Å². The molecule has 0 bridgehead atoms. The van der Waals surface area contributed by atoms with Gasteiger partial charge < -0.3 is 0 Å². The molecular formula is C21H23BrCl2N2O4S2. The Balaban J connectivity index is 1.85. The van der Waals surface area contributed by atoms with Crippen molar-refractivity contribution in [1.29, 1.82) is 0 Å². The number of nitrogens with zero attached hydrogens (tertiary/aromatic N) is 1. The summed E-state index contributed by atoms with van der Waals surface area (Å²) < 4.78 is 56.2. The molecule has 0 aliphatic carbocycles. The number of allylic oxidation sites excluding steroid dienone is 1. The second-order valence-corrected chi connectivity index (χ2v) is 12.6. The molecule has 11 heteroatoms. The van der Waals surface area contributed by atoms with Crippen LogP contribution in [0.1, 0.15) is 19.3 Å². The van der Waals surface area contributed by atoms with Crippen molar-refractivity contribution in [2.75, 3.05) is 11.9 Å². The van der Waals surface area contributed by atoms with Gasteiger partial charge in [-0.1, -0.05) is 51.3 Å². The van der Waals surface area contributed by atoms with Gasteiger partial charge in [0.2, 0.25) is 20.0 Å². The van der Waals surface area contributed by atoms with E-state index in [0.717, 1.165) is 18.2 Å². The van der Waals surface area contributed by atoms with Gasteiger partial charge in [-0.25, -0.2) is 21.6 Å². The van der Waals surface area contributed by atoms with E-state index in [4.69, 9.17) is 23.2 Å². The van der Waals surface area contributed by atoms with E-state index in [-0.39, 0.29) is 16.3 Å². The summed E-state index contributed by atoms with van der Waals surface area (Å²) in [6.45, 7) is 0.0191. The van der Waals surface area contributed by atoms with Gasteiger partial charge in [-0.05, 0) is 67.8 Å². The van der Waals surface area contributed by atoms with Gasteiger partial charge in [0, 0.05) is 34.0 Å². The standard InChI is InChI=1S/C21H23BrCl2N2O4S2/c22-13-3-1-2-4-19-14-18(25-31(27,28)20-9-5-16(23)6-10-20)15-26(19)32(29,30)21-11-7-17(24)8-12-21/h2,4-12,18-19,25H,1,3,13-15H2/b4-2-/t18-,19-/m1/s1. The predicted octanol–water partition coefficient (Wildman–Crippen LogP) is 4.83. The molecule has 0 aromatic heterocycles. The highest BCUT2D eigenvalue weighted by atomic mass is 79.9. The monoisotopic (exact) mass is 580 g/mol. The van der Waals surface area contributed by atoms with Gasteiger partial charge in [0.15, 0.2) is 0 Å². The fourth-order valence-corrected chi connectivity index (χ4v) is 6.92. The Morgan fingerprint density at radius 1 is 0.969 bits per heavy atom. The van der Waals surface area contributed by atoms with Crippen molar-refractivity contribution in [3.05, 3.63) is 70.7 Å². The van der Waals surface area contributed by atoms with Crippen LogP contribution in [0.2, 0.25) is 10.0 Å². The average molecular weight is 582 g/mol. The lowest BCUT2D eigenvalue weighted by molar-refractivity contribution is 0.428. The van der Waals surface area contributed by atoms with E-state index in [1.165, 1.54) is 52.8 Å². The lowest BCUT2D eigenvalue weighted by Gasteiger charge is -2.22. The molecule has 2 aromatic carbocycles. The largest absolute Gasteiger partial charge is 0.243 e. The summed E-state index contributed by atoms with van der Waals surface area (Å²) in [4.78, 5) is 0.187. The summed E-state index contributed by atoms with van der Waals surface area (Å²) in [6.07, 6.45) is 5.81. The molecular weight excluding hydrogens is 559 g/mol. The second-order valence-electron chi connectivity index (χ2n) is 7.36. The number of nitrogens with one attached hydrogen (secondary N) is 1. The smallest absolute Gasteiger partial charge is 0.207 e. The van der Waals surface area contributed by atoms with E-state index in [1.807, 2.05) is 12.2 Å². The Bertz CT molecular complexity index is 1160. The van der Waals surface area contributed by atoms with Crippen LogP contribution in [0.5, 0.6) is 0 Å². The van der Waals surface area contributed by atoms with Gasteiger partial charge in [-0.2, -0.15) is 4.31 Å². The minimum Gasteiger partial charge on any atom is -0.207 e. The van der Waals surface area contributed by atoms with Crippen LogP contribution >= 0.6 is 39.1 Å². The molecule has 0 unspecified atom stereocenters. The molecule has 0 saturated carbocycles. The number of alkyl halides is 1. The van der Waals surface area contributed by atoms with Gasteiger partial charge in [0.25, 0.3) is 0 Å². The second kappa shape index (κ2) is 11.0. The van der Waals surface area contributed by atoms with Crippen LogP contribution in [-0.2, 0) is 20.0 Å². The highest BCUT2D eigenvalue weighted by Gasteiger charge is 2.40. The van der Waals surface area contributed by atoms with Crippen molar-refractivity contribution in [3.63, 3.8) is 0 Å². The van der Waals surface area contributed by atoms with Crippen molar-refractivity contribution >= 4 is 59.2 Å². The molecule has 1 aliphatic heterocycles. The van der Waals surface area contributed by atoms with Gasteiger partial charge in [0.05, 0.1) is 9.79 Å². The summed E-state index contributed by atoms with van der Waals surface area (Å²) in [5.41, 5.74) is 0. The molecule has 1 fully saturated rings. The Morgan fingerprint density at radius 3 is 2.09 bits per heavy atom. The maximum absolute atomic E-state index is 13.3. The number of benzene rings is 2. The highest BCUT2D eigenvalue weighted by Crippen LogP contribution is 2.29. The number of hydrogen-bond acceptors (Lipinski definition) is 4. The van der Waals surface area contributed by atoms with E-state index in [1.54, 1.807) is 0 Å². The predicted molar refractivity (Wildman–Crippen MR) is 131 cm³/mol. The van der Waals surface area contributed by atoms with Gasteiger partial charge in [-0.3, -0.25) is 0 Å². The Kier molecular flexibility index (Phi) is 8.82. The van der Waals surface area contributed by atoms with Gasteiger partial charge >= 0.3 is 0 Å². The van der Waals surface area contributed by atoms with Crippen molar-refractivity contribution < 1.29 is 16.8 Å². The zero-order valence-corrected chi connectivity index (χ0v) is 21.7. The lowest BCUT2D eigenvalue weighted by atomic mass is 10.1. The molecule has 0 amide bonds. The van der Waals surface area contributed by atoms with E-state index in [0.29, 0.717) is 16.5 Å². The summed E-state index contributed by atoms with van der Waals surface area (Å²) in [5.74, 6) is 0. The Morgan fingerprint density at radius 2 is 1.53 bits per heavy atom. The molecule has 1 aliphatic rings. The number of hydrogen-bond donors (Lipinski definition) is 1. The normalized spacial score (nSPS) is 20.2. The van der Waals surface area contributed by atoms with Crippen LogP contribution < -0.4 is 4.72 Å². The third-order valence-corrected chi connectivity index (χ3v) is 9.53. The minimum absolute atomic E-state index is 0.0191. The van der Waals surface area contributed by atoms with E-state index >= 15 is 0 Å². The third kappa shape index (κ3) is 6.34. The molecule has 0 radical (unpaired) electrons. The zero-order chi connectivity index (χ0) is 23.4. The molecule has 1 heterocycles. The fourth-order valence-electron chi connectivity index (χ4n) is 3.46. The van der Waals surface area contributed by atoms with Crippen molar-refractivity contribution in [1.82, 2.24) is 9.03 Å². The molecule has 174 valence electrons. The van der Waals surface area contributed by atoms with Crippen molar-refractivity contribution in [3.8, 4) is 0 Å². The topological polar surface area (TPSA) is 83.6 Å². The molecule has 32 heavy (non-hydrogen) atoms. The van der Waals surface area contributed by atoms with Crippen LogP contribution in [0.25, 0.3) is 0 Å². The Hall–Kier alpha value is -0.940. The number of rotatable bonds is 9. The first-order valence-electron chi connectivity index (χ1n) is 9.91. The molecule has 1 N–H and O–H groups in total. The first-order valence-corrected chi connectivity index (χ1v) is 14.7. The summed E-state index contributed by atoms with van der Waals surface area (Å²) in [6, 6.07) is 10.7. The molecule has 2 aromatic rings. The lowest BCUT2D eigenvalue weighted by Crippen LogP contribution is -2.39. The Labute approximate surface area is 207 Å². The minimum atomic E-state index is -3.84. The average Bonchev–Trinajstić information content (AvgIpc) is 3.14. The van der Waals surface area contributed by atoms with Crippen molar-refractivity contribution in [2.45, 2.75) is 41.1 Å². The first kappa shape index (κ1) is 25.7. The van der Waals surface area contributed by atoms with Crippen LogP contribution in [0.3, 0.4) is 0 Å². The van der Waals surface area contributed by atoms with Gasteiger partial charge in [-0.15, -0.1) is 0 Å².